The number of nitrogens with zero attached hydrogens (tertiary/aromatic N) is 2. The molecule has 0 unspecified atom stereocenters. The monoisotopic (exact) mass is 582 g/mol. The van der Waals surface area contributed by atoms with Gasteiger partial charge in [0.15, 0.2) is 0 Å². The lowest BCUT2D eigenvalue weighted by Gasteiger charge is -2.31. The van der Waals surface area contributed by atoms with Crippen LogP contribution >= 0.6 is 0 Å². The van der Waals surface area contributed by atoms with Crippen LogP contribution in [0.15, 0.2) is 152 Å². The fourth-order valence-corrected chi connectivity index (χ4v) is 6.91. The third kappa shape index (κ3) is 4.93. The molecule has 0 aromatic heterocycles. The van der Waals surface area contributed by atoms with Crippen molar-refractivity contribution in [2.75, 3.05) is 9.80 Å². The molecule has 0 N–H and O–H groups in total. The Kier molecular flexibility index (Phi) is 7.35. The van der Waals surface area contributed by atoms with Gasteiger partial charge in [-0.1, -0.05) is 105 Å². The first-order valence-corrected chi connectivity index (χ1v) is 15.7. The summed E-state index contributed by atoms with van der Waals surface area (Å²) in [5.74, 6) is 0. The van der Waals surface area contributed by atoms with Crippen molar-refractivity contribution in [3.05, 3.63) is 174 Å². The maximum Gasteiger partial charge on any atom is 0.0500 e. The number of hydrogen-bond acceptors (Lipinski definition) is 2. The van der Waals surface area contributed by atoms with Crippen LogP contribution in [0.25, 0.3) is 17.2 Å². The smallest absolute Gasteiger partial charge is 0.0500 e. The molecule has 6 aromatic rings. The summed E-state index contributed by atoms with van der Waals surface area (Å²) in [6.07, 6.45) is 4.47. The molecule has 2 heteroatoms. The van der Waals surface area contributed by atoms with E-state index in [1.165, 1.54) is 39.1 Å². The summed E-state index contributed by atoms with van der Waals surface area (Å²) >= 11 is 0. The van der Waals surface area contributed by atoms with E-state index in [1.807, 2.05) is 0 Å². The summed E-state index contributed by atoms with van der Waals surface area (Å²) < 4.78 is 0. The fourth-order valence-electron chi connectivity index (χ4n) is 6.91. The van der Waals surface area contributed by atoms with Gasteiger partial charge in [0.2, 0.25) is 0 Å². The van der Waals surface area contributed by atoms with Crippen LogP contribution in [-0.2, 0) is 5.41 Å². The van der Waals surface area contributed by atoms with Gasteiger partial charge in [0, 0.05) is 39.5 Å². The van der Waals surface area contributed by atoms with Crippen molar-refractivity contribution in [1.82, 2.24) is 0 Å². The average Bonchev–Trinajstić information content (AvgIpc) is 3.30. The van der Waals surface area contributed by atoms with Gasteiger partial charge in [0.05, 0.1) is 0 Å². The molecule has 0 fully saturated rings. The van der Waals surface area contributed by atoms with Crippen LogP contribution in [0, 0.1) is 6.92 Å². The number of hydrogen-bond donors (Lipinski definition) is 0. The maximum atomic E-state index is 2.45. The predicted octanol–water partition coefficient (Wildman–Crippen LogP) is 12.3. The Balaban J connectivity index is 1.44. The quantitative estimate of drug-likeness (QED) is 0.185. The van der Waals surface area contributed by atoms with Gasteiger partial charge in [0.1, 0.15) is 0 Å². The van der Waals surface area contributed by atoms with Gasteiger partial charge >= 0.3 is 0 Å². The normalized spacial score (nSPS) is 13.0. The van der Waals surface area contributed by atoms with E-state index in [0.29, 0.717) is 0 Å². The molecule has 7 rings (SSSR count). The Morgan fingerprint density at radius 2 is 0.978 bits per heavy atom. The minimum absolute atomic E-state index is 0.211. The highest BCUT2D eigenvalue weighted by atomic mass is 15.1. The van der Waals surface area contributed by atoms with Crippen molar-refractivity contribution in [1.29, 1.82) is 0 Å². The average molecular weight is 583 g/mol. The zero-order valence-corrected chi connectivity index (χ0v) is 26.4. The number of anilines is 6. The Morgan fingerprint density at radius 1 is 0.511 bits per heavy atom. The second kappa shape index (κ2) is 11.6. The molecule has 0 radical (unpaired) electrons. The SMILES string of the molecule is C/C=C\c1c(C)c(N(c2ccccc2)c2ccccc2)cc2c1-c1ccc(N(c3ccccc3)c3ccccc3)cc1C2(C)C. The van der Waals surface area contributed by atoms with E-state index in [-0.39, 0.29) is 5.41 Å². The van der Waals surface area contributed by atoms with E-state index in [0.717, 1.165) is 28.4 Å². The Bertz CT molecular complexity index is 1900. The van der Waals surface area contributed by atoms with Gasteiger partial charge in [-0.3, -0.25) is 0 Å². The zero-order chi connectivity index (χ0) is 31.0. The van der Waals surface area contributed by atoms with Crippen LogP contribution in [0.2, 0.25) is 0 Å². The number of para-hydroxylation sites is 4. The second-order valence-electron chi connectivity index (χ2n) is 12.2. The van der Waals surface area contributed by atoms with Gasteiger partial charge < -0.3 is 9.80 Å². The van der Waals surface area contributed by atoms with Crippen molar-refractivity contribution in [2.24, 2.45) is 0 Å². The van der Waals surface area contributed by atoms with Crippen LogP contribution in [0.3, 0.4) is 0 Å². The molecule has 0 heterocycles. The van der Waals surface area contributed by atoms with Gasteiger partial charge in [-0.25, -0.2) is 0 Å². The third-order valence-electron chi connectivity index (χ3n) is 9.12. The topological polar surface area (TPSA) is 6.48 Å². The summed E-state index contributed by atoms with van der Waals surface area (Å²) in [7, 11) is 0. The van der Waals surface area contributed by atoms with E-state index in [9.17, 15) is 0 Å². The number of benzene rings is 6. The lowest BCUT2D eigenvalue weighted by molar-refractivity contribution is 0.660. The van der Waals surface area contributed by atoms with Crippen LogP contribution < -0.4 is 9.80 Å². The number of fused-ring (bicyclic) bond motifs is 3. The first kappa shape index (κ1) is 28.4. The molecule has 1 aliphatic carbocycles. The molecule has 220 valence electrons. The molecule has 2 nitrogen and oxygen atoms in total. The summed E-state index contributed by atoms with van der Waals surface area (Å²) in [4.78, 5) is 4.76. The van der Waals surface area contributed by atoms with Crippen LogP contribution in [0.4, 0.5) is 34.1 Å². The molecule has 6 aromatic carbocycles. The lowest BCUT2D eigenvalue weighted by atomic mass is 9.81. The zero-order valence-electron chi connectivity index (χ0n) is 26.4. The first-order chi connectivity index (χ1) is 22.0. The molecular formula is C43H38N2. The third-order valence-corrected chi connectivity index (χ3v) is 9.12. The van der Waals surface area contributed by atoms with E-state index in [2.05, 4.69) is 195 Å². The van der Waals surface area contributed by atoms with E-state index in [4.69, 9.17) is 0 Å². The van der Waals surface area contributed by atoms with Crippen molar-refractivity contribution >= 4 is 40.2 Å². The van der Waals surface area contributed by atoms with Crippen molar-refractivity contribution < 1.29 is 0 Å². The highest BCUT2D eigenvalue weighted by Gasteiger charge is 2.39. The molecule has 0 aliphatic heterocycles. The van der Waals surface area contributed by atoms with E-state index >= 15 is 0 Å². The standard InChI is InChI=1S/C43H38N2/c1-5-18-37-31(2)41(45(34-23-14-8-15-24-34)35-25-16-9-17-26-35)30-40-42(37)38-28-27-36(29-39(38)43(40,3)4)44(32-19-10-6-11-20-32)33-21-12-7-13-22-33/h5-30H,1-4H3/b18-5-. The Labute approximate surface area is 267 Å². The van der Waals surface area contributed by atoms with Crippen LogP contribution in [0.1, 0.15) is 43.0 Å². The molecule has 45 heavy (non-hydrogen) atoms. The Hall–Kier alpha value is -5.34. The van der Waals surface area contributed by atoms with Crippen LogP contribution in [0.5, 0.6) is 0 Å². The van der Waals surface area contributed by atoms with Crippen LogP contribution in [-0.4, -0.2) is 0 Å². The fraction of sp³-hybridized carbons (Fsp3) is 0.116. The molecule has 0 amide bonds. The largest absolute Gasteiger partial charge is 0.310 e. The second-order valence-corrected chi connectivity index (χ2v) is 12.2. The number of rotatable bonds is 7. The summed E-state index contributed by atoms with van der Waals surface area (Å²) in [5, 5.41) is 0. The minimum atomic E-state index is -0.211. The first-order valence-electron chi connectivity index (χ1n) is 15.7. The molecular weight excluding hydrogens is 544 g/mol. The Morgan fingerprint density at radius 3 is 1.44 bits per heavy atom. The van der Waals surface area contributed by atoms with E-state index in [1.54, 1.807) is 0 Å². The maximum absolute atomic E-state index is 2.45. The van der Waals surface area contributed by atoms with Crippen molar-refractivity contribution in [3.63, 3.8) is 0 Å². The van der Waals surface area contributed by atoms with Gasteiger partial charge in [-0.05, 0) is 114 Å². The highest BCUT2D eigenvalue weighted by Crippen LogP contribution is 2.55. The molecule has 0 saturated heterocycles. The highest BCUT2D eigenvalue weighted by molar-refractivity contribution is 5.94. The lowest BCUT2D eigenvalue weighted by Crippen LogP contribution is -2.18. The summed E-state index contributed by atoms with van der Waals surface area (Å²) in [5.41, 5.74) is 14.6. The number of allylic oxidation sites excluding steroid dienone is 1. The van der Waals surface area contributed by atoms with E-state index < -0.39 is 0 Å². The van der Waals surface area contributed by atoms with Gasteiger partial charge in [0.25, 0.3) is 0 Å². The van der Waals surface area contributed by atoms with Crippen molar-refractivity contribution in [3.8, 4) is 11.1 Å². The minimum Gasteiger partial charge on any atom is -0.310 e. The molecule has 0 atom stereocenters. The summed E-state index contributed by atoms with van der Waals surface area (Å²) in [6, 6.07) is 52.2. The molecule has 0 bridgehead atoms. The van der Waals surface area contributed by atoms with Crippen molar-refractivity contribution in [2.45, 2.75) is 33.1 Å². The molecule has 0 spiro atoms. The predicted molar refractivity (Wildman–Crippen MR) is 193 cm³/mol. The molecule has 1 aliphatic rings. The van der Waals surface area contributed by atoms with Gasteiger partial charge in [-0.2, -0.15) is 0 Å². The molecule has 0 saturated carbocycles. The summed E-state index contributed by atoms with van der Waals surface area (Å²) in [6.45, 7) is 9.15. The van der Waals surface area contributed by atoms with Gasteiger partial charge in [-0.15, -0.1) is 0 Å².